The first-order chi connectivity index (χ1) is 11.2. The Morgan fingerprint density at radius 2 is 2.12 bits per heavy atom. The Kier molecular flexibility index (Phi) is 6.71. The summed E-state index contributed by atoms with van der Waals surface area (Å²) in [6.07, 6.45) is 0. The van der Waals surface area contributed by atoms with E-state index in [0.717, 1.165) is 30.2 Å². The van der Waals surface area contributed by atoms with Gasteiger partial charge in [0.15, 0.2) is 11.5 Å². The third-order valence-electron chi connectivity index (χ3n) is 4.60. The molecule has 0 aliphatic carbocycles. The van der Waals surface area contributed by atoms with Gasteiger partial charge in [0.25, 0.3) is 0 Å². The van der Waals surface area contributed by atoms with Gasteiger partial charge in [0.2, 0.25) is 12.7 Å². The minimum Gasteiger partial charge on any atom is -0.454 e. The van der Waals surface area contributed by atoms with E-state index in [-0.39, 0.29) is 31.0 Å². The Hall–Kier alpha value is -1.50. The average Bonchev–Trinajstić information content (AvgIpc) is 2.96. The quantitative estimate of drug-likeness (QED) is 0.805. The molecule has 7 heteroatoms. The van der Waals surface area contributed by atoms with Crippen molar-refractivity contribution in [3.8, 4) is 11.5 Å². The molecule has 24 heavy (non-hydrogen) atoms. The number of amides is 1. The summed E-state index contributed by atoms with van der Waals surface area (Å²) < 4.78 is 15.9. The van der Waals surface area contributed by atoms with Crippen molar-refractivity contribution in [3.63, 3.8) is 0 Å². The molecule has 1 fully saturated rings. The largest absolute Gasteiger partial charge is 0.454 e. The van der Waals surface area contributed by atoms with E-state index in [1.807, 2.05) is 30.0 Å². The number of carbonyl (C=O) groups is 1. The maximum Gasteiger partial charge on any atom is 0.231 e. The van der Waals surface area contributed by atoms with Crippen molar-refractivity contribution in [2.24, 2.45) is 11.8 Å². The number of benzene rings is 1. The molecule has 0 spiro atoms. The van der Waals surface area contributed by atoms with Crippen LogP contribution in [0.3, 0.4) is 0 Å². The number of hydrogen-bond acceptors (Lipinski definition) is 5. The second kappa shape index (κ2) is 8.55. The third-order valence-corrected chi connectivity index (χ3v) is 4.60. The first-order valence-electron chi connectivity index (χ1n) is 8.06. The van der Waals surface area contributed by atoms with Crippen LogP contribution in [0.4, 0.5) is 0 Å². The molecule has 2 aliphatic rings. The second-order valence-electron chi connectivity index (χ2n) is 6.15. The number of rotatable bonds is 7. The Labute approximate surface area is 148 Å². The molecule has 1 unspecified atom stereocenters. The van der Waals surface area contributed by atoms with Gasteiger partial charge in [0.1, 0.15) is 0 Å². The topological polar surface area (TPSA) is 60.0 Å². The van der Waals surface area contributed by atoms with Crippen LogP contribution < -0.4 is 14.8 Å². The summed E-state index contributed by atoms with van der Waals surface area (Å²) in [6, 6.07) is 5.83. The highest BCUT2D eigenvalue weighted by Crippen LogP contribution is 2.33. The Morgan fingerprint density at radius 1 is 1.38 bits per heavy atom. The number of nitrogens with one attached hydrogen (secondary N) is 1. The standard InChI is InChI=1S/C17H24N2O4.ClH/c1-12(14-8-18-9-14)17(20)19(5-6-21-2)10-13-3-4-15-16(7-13)23-11-22-15;/h3-4,7,12,14,18H,5-6,8-11H2,1-2H3;1H. The van der Waals surface area contributed by atoms with Gasteiger partial charge in [-0.15, -0.1) is 12.4 Å². The average molecular weight is 357 g/mol. The monoisotopic (exact) mass is 356 g/mol. The fraction of sp³-hybridized carbons (Fsp3) is 0.588. The molecule has 1 atom stereocenters. The van der Waals surface area contributed by atoms with Crippen LogP contribution in [0, 0.1) is 11.8 Å². The molecule has 134 valence electrons. The molecule has 0 bridgehead atoms. The zero-order chi connectivity index (χ0) is 16.2. The van der Waals surface area contributed by atoms with Gasteiger partial charge in [-0.25, -0.2) is 0 Å². The first-order valence-corrected chi connectivity index (χ1v) is 8.06. The van der Waals surface area contributed by atoms with E-state index in [1.165, 1.54) is 0 Å². The first kappa shape index (κ1) is 18.8. The molecule has 1 N–H and O–H groups in total. The predicted octanol–water partition coefficient (Wildman–Crippen LogP) is 1.67. The maximum atomic E-state index is 12.8. The van der Waals surface area contributed by atoms with Crippen LogP contribution in [-0.4, -0.2) is 51.0 Å². The Bertz CT molecular complexity index is 566. The number of carbonyl (C=O) groups excluding carboxylic acids is 1. The molecule has 1 amide bonds. The summed E-state index contributed by atoms with van der Waals surface area (Å²) in [5.74, 6) is 2.16. The number of halogens is 1. The summed E-state index contributed by atoms with van der Waals surface area (Å²) in [7, 11) is 1.66. The van der Waals surface area contributed by atoms with Gasteiger partial charge in [0.05, 0.1) is 6.61 Å². The number of fused-ring (bicyclic) bond motifs is 1. The summed E-state index contributed by atoms with van der Waals surface area (Å²) in [4.78, 5) is 14.7. The van der Waals surface area contributed by atoms with Crippen LogP contribution in [-0.2, 0) is 16.1 Å². The van der Waals surface area contributed by atoms with E-state index in [4.69, 9.17) is 14.2 Å². The minimum absolute atomic E-state index is 0. The van der Waals surface area contributed by atoms with Crippen LogP contribution in [0.5, 0.6) is 11.5 Å². The summed E-state index contributed by atoms with van der Waals surface area (Å²) in [5, 5.41) is 3.23. The molecule has 3 rings (SSSR count). The molecule has 1 aromatic rings. The lowest BCUT2D eigenvalue weighted by Crippen LogP contribution is -2.50. The van der Waals surface area contributed by atoms with E-state index in [2.05, 4.69) is 5.32 Å². The van der Waals surface area contributed by atoms with Gasteiger partial charge in [0, 0.05) is 26.1 Å². The van der Waals surface area contributed by atoms with Crippen molar-refractivity contribution in [1.82, 2.24) is 10.2 Å². The lowest BCUT2D eigenvalue weighted by atomic mass is 9.88. The molecule has 2 heterocycles. The molecule has 1 saturated heterocycles. The third kappa shape index (κ3) is 4.12. The van der Waals surface area contributed by atoms with Gasteiger partial charge >= 0.3 is 0 Å². The van der Waals surface area contributed by atoms with Crippen molar-refractivity contribution in [2.45, 2.75) is 13.5 Å². The Morgan fingerprint density at radius 3 is 2.79 bits per heavy atom. The van der Waals surface area contributed by atoms with Crippen molar-refractivity contribution >= 4 is 18.3 Å². The van der Waals surface area contributed by atoms with Crippen molar-refractivity contribution < 1.29 is 19.0 Å². The van der Waals surface area contributed by atoms with Gasteiger partial charge in [-0.2, -0.15) is 0 Å². The predicted molar refractivity (Wildman–Crippen MR) is 92.6 cm³/mol. The molecule has 0 radical (unpaired) electrons. The second-order valence-corrected chi connectivity index (χ2v) is 6.15. The SMILES string of the molecule is COCCN(Cc1ccc2c(c1)OCO2)C(=O)C(C)C1CNC1.Cl. The van der Waals surface area contributed by atoms with Crippen LogP contribution >= 0.6 is 12.4 Å². The number of methoxy groups -OCH3 is 1. The Balaban J connectivity index is 0.00000208. The zero-order valence-corrected chi connectivity index (χ0v) is 14.9. The van der Waals surface area contributed by atoms with Crippen LogP contribution in [0.25, 0.3) is 0 Å². The van der Waals surface area contributed by atoms with Crippen LogP contribution in [0.1, 0.15) is 12.5 Å². The van der Waals surface area contributed by atoms with E-state index >= 15 is 0 Å². The van der Waals surface area contributed by atoms with Gasteiger partial charge in [-0.3, -0.25) is 4.79 Å². The molecule has 0 aromatic heterocycles. The fourth-order valence-corrected chi connectivity index (χ4v) is 2.88. The normalized spacial score (nSPS) is 16.9. The molecule has 6 nitrogen and oxygen atoms in total. The van der Waals surface area contributed by atoms with E-state index in [0.29, 0.717) is 25.6 Å². The highest BCUT2D eigenvalue weighted by molar-refractivity contribution is 5.85. The van der Waals surface area contributed by atoms with Gasteiger partial charge in [-0.1, -0.05) is 13.0 Å². The van der Waals surface area contributed by atoms with Crippen molar-refractivity contribution in [3.05, 3.63) is 23.8 Å². The highest BCUT2D eigenvalue weighted by Gasteiger charge is 2.31. The van der Waals surface area contributed by atoms with E-state index in [1.54, 1.807) is 7.11 Å². The number of nitrogens with zero attached hydrogens (tertiary/aromatic N) is 1. The van der Waals surface area contributed by atoms with Crippen LogP contribution in [0.15, 0.2) is 18.2 Å². The van der Waals surface area contributed by atoms with Crippen LogP contribution in [0.2, 0.25) is 0 Å². The number of ether oxygens (including phenoxy) is 3. The highest BCUT2D eigenvalue weighted by atomic mass is 35.5. The van der Waals surface area contributed by atoms with Crippen molar-refractivity contribution in [1.29, 1.82) is 0 Å². The lowest BCUT2D eigenvalue weighted by molar-refractivity contribution is -0.138. The number of hydrogen-bond donors (Lipinski definition) is 1. The lowest BCUT2D eigenvalue weighted by Gasteiger charge is -2.35. The molecule has 2 aliphatic heterocycles. The summed E-state index contributed by atoms with van der Waals surface area (Å²) in [6.45, 7) is 5.82. The molecule has 0 saturated carbocycles. The zero-order valence-electron chi connectivity index (χ0n) is 14.1. The van der Waals surface area contributed by atoms with E-state index < -0.39 is 0 Å². The summed E-state index contributed by atoms with van der Waals surface area (Å²) >= 11 is 0. The van der Waals surface area contributed by atoms with Crippen molar-refractivity contribution in [2.75, 3.05) is 40.1 Å². The summed E-state index contributed by atoms with van der Waals surface area (Å²) in [5.41, 5.74) is 1.04. The van der Waals surface area contributed by atoms with Gasteiger partial charge in [-0.05, 0) is 36.7 Å². The fourth-order valence-electron chi connectivity index (χ4n) is 2.88. The molecular weight excluding hydrogens is 332 g/mol. The molecule has 1 aromatic carbocycles. The van der Waals surface area contributed by atoms with Gasteiger partial charge < -0.3 is 24.4 Å². The molecular formula is C17H25ClN2O4. The minimum atomic E-state index is 0. The van der Waals surface area contributed by atoms with E-state index in [9.17, 15) is 4.79 Å². The maximum absolute atomic E-state index is 12.8. The smallest absolute Gasteiger partial charge is 0.231 e.